The van der Waals surface area contributed by atoms with Crippen LogP contribution in [0.5, 0.6) is 5.75 Å². The van der Waals surface area contributed by atoms with Crippen molar-refractivity contribution in [3.05, 3.63) is 64.8 Å². The summed E-state index contributed by atoms with van der Waals surface area (Å²) in [4.78, 5) is 81.2. The fourth-order valence-corrected chi connectivity index (χ4v) is 10.0. The Labute approximate surface area is 393 Å². The minimum Gasteiger partial charge on any atom is -0.495 e. The lowest BCUT2D eigenvalue weighted by atomic mass is 10.0. The molecule has 0 radical (unpaired) electrons. The number of amides is 5. The van der Waals surface area contributed by atoms with Crippen molar-refractivity contribution in [2.24, 2.45) is 0 Å². The van der Waals surface area contributed by atoms with E-state index >= 15 is 0 Å². The van der Waals surface area contributed by atoms with Gasteiger partial charge < -0.3 is 45.0 Å². The lowest BCUT2D eigenvalue weighted by Crippen LogP contribution is -2.55. The van der Waals surface area contributed by atoms with Gasteiger partial charge in [0.15, 0.2) is 5.82 Å². The molecule has 1 aliphatic carbocycles. The molecule has 5 aliphatic rings. The van der Waals surface area contributed by atoms with Crippen molar-refractivity contribution < 1.29 is 33.4 Å². The van der Waals surface area contributed by atoms with Crippen LogP contribution in [0, 0.1) is 11.8 Å². The molecular weight excluding hydrogens is 853 g/mol. The van der Waals surface area contributed by atoms with Gasteiger partial charge >= 0.3 is 0 Å². The molecule has 4 N–H and O–H groups in total. The molecule has 1 unspecified atom stereocenters. The topological polar surface area (TPSA) is 191 Å². The number of ether oxygens (including phenoxy) is 2. The number of nitrogens with zero attached hydrogens (tertiary/aromatic N) is 6. The standard InChI is InChI=1S/C50H64N10O7/c1-4-40-49(65)57(2)42-31-52-50(56-45(42)60(40)36-14-5-6-15-36)54-39-18-17-34(30-43(39)66-3)46(62)53-35-21-26-58(27-22-35)25-10-23-51-24-11-29-67-28-8-7-12-33-13-9-16-37-38(33)32-59(48(37)64)41-19-20-44(61)55-47(41)63/h9,13,16-18,30-31,35-36,40-41,51H,4-6,8,10-11,14-15,19-29,32H2,1-3H3,(H,53,62)(H,52,54,56)(H,55,61,63)/t40-,41?/m1/s1. The summed E-state index contributed by atoms with van der Waals surface area (Å²) in [6.07, 6.45) is 11.6. The highest BCUT2D eigenvalue weighted by molar-refractivity contribution is 6.06. The van der Waals surface area contributed by atoms with Crippen LogP contribution in [-0.2, 0) is 25.7 Å². The number of aromatic nitrogens is 2. The number of nitrogens with one attached hydrogen (secondary N) is 4. The molecule has 8 rings (SSSR count). The van der Waals surface area contributed by atoms with Crippen LogP contribution in [0.2, 0.25) is 0 Å². The number of likely N-dealkylation sites (N-methyl/N-ethyl adjacent to an activating group) is 1. The highest BCUT2D eigenvalue weighted by Gasteiger charge is 2.42. The van der Waals surface area contributed by atoms with Gasteiger partial charge in [-0.15, -0.1) is 0 Å². The molecule has 1 aromatic heterocycles. The summed E-state index contributed by atoms with van der Waals surface area (Å²) in [6, 6.07) is 10.3. The largest absolute Gasteiger partial charge is 0.495 e. The zero-order valence-electron chi connectivity index (χ0n) is 39.0. The predicted octanol–water partition coefficient (Wildman–Crippen LogP) is 4.52. The summed E-state index contributed by atoms with van der Waals surface area (Å²) in [5.41, 5.74) is 4.04. The van der Waals surface area contributed by atoms with E-state index in [-0.39, 0.29) is 48.2 Å². The van der Waals surface area contributed by atoms with Gasteiger partial charge in [0.1, 0.15) is 23.5 Å². The van der Waals surface area contributed by atoms with E-state index in [2.05, 4.69) is 47.9 Å². The first-order valence-electron chi connectivity index (χ1n) is 24.1. The highest BCUT2D eigenvalue weighted by atomic mass is 16.5. The maximum absolute atomic E-state index is 13.4. The second-order valence-electron chi connectivity index (χ2n) is 18.1. The van der Waals surface area contributed by atoms with Gasteiger partial charge in [0.2, 0.25) is 23.7 Å². The molecule has 2 aromatic carbocycles. The van der Waals surface area contributed by atoms with E-state index in [0.717, 1.165) is 101 Å². The summed E-state index contributed by atoms with van der Waals surface area (Å²) < 4.78 is 11.5. The third-order valence-electron chi connectivity index (χ3n) is 13.7. The quantitative estimate of drug-likeness (QED) is 0.0793. The van der Waals surface area contributed by atoms with Gasteiger partial charge in [-0.3, -0.25) is 29.3 Å². The molecule has 2 saturated heterocycles. The van der Waals surface area contributed by atoms with Gasteiger partial charge in [-0.05, 0) is 107 Å². The van der Waals surface area contributed by atoms with Crippen LogP contribution in [0.4, 0.5) is 23.1 Å². The number of piperidine rings is 2. The third kappa shape index (κ3) is 11.0. The van der Waals surface area contributed by atoms with E-state index in [1.54, 1.807) is 48.4 Å². The van der Waals surface area contributed by atoms with Gasteiger partial charge in [-0.25, -0.2) is 4.98 Å². The van der Waals surface area contributed by atoms with Crippen LogP contribution in [0.25, 0.3) is 0 Å². The molecule has 2 atom stereocenters. The molecule has 5 amide bonds. The minimum atomic E-state index is -0.646. The molecule has 1 saturated carbocycles. The number of rotatable bonds is 18. The second kappa shape index (κ2) is 22.1. The lowest BCUT2D eigenvalue weighted by Gasteiger charge is -2.43. The first kappa shape index (κ1) is 47.4. The number of carbonyl (C=O) groups is 5. The van der Waals surface area contributed by atoms with Crippen LogP contribution in [0.3, 0.4) is 0 Å². The number of hydrogen-bond acceptors (Lipinski definition) is 13. The van der Waals surface area contributed by atoms with E-state index in [1.165, 1.54) is 0 Å². The van der Waals surface area contributed by atoms with E-state index in [9.17, 15) is 24.0 Å². The number of likely N-dealkylation sites (tertiary alicyclic amines) is 1. The van der Waals surface area contributed by atoms with E-state index < -0.39 is 11.9 Å². The molecule has 4 aliphatic heterocycles. The van der Waals surface area contributed by atoms with Gasteiger partial charge in [0, 0.05) is 74.9 Å². The monoisotopic (exact) mass is 916 g/mol. The number of benzene rings is 2. The number of imide groups is 1. The first-order chi connectivity index (χ1) is 32.6. The molecule has 3 aromatic rings. The van der Waals surface area contributed by atoms with Crippen LogP contribution in [-0.4, -0.2) is 134 Å². The van der Waals surface area contributed by atoms with Gasteiger partial charge in [0.05, 0.1) is 25.6 Å². The maximum Gasteiger partial charge on any atom is 0.255 e. The summed E-state index contributed by atoms with van der Waals surface area (Å²) in [5, 5.41) is 12.4. The van der Waals surface area contributed by atoms with Crippen molar-refractivity contribution in [3.8, 4) is 17.6 Å². The fraction of sp³-hybridized carbons (Fsp3) is 0.540. The number of fused-ring (bicyclic) bond motifs is 2. The average Bonchev–Trinajstić information content (AvgIpc) is 3.99. The molecule has 67 heavy (non-hydrogen) atoms. The van der Waals surface area contributed by atoms with Crippen molar-refractivity contribution in [3.63, 3.8) is 0 Å². The highest BCUT2D eigenvalue weighted by Crippen LogP contribution is 2.40. The summed E-state index contributed by atoms with van der Waals surface area (Å²) >= 11 is 0. The summed E-state index contributed by atoms with van der Waals surface area (Å²) in [6.45, 7) is 8.18. The number of methoxy groups -OCH3 is 1. The van der Waals surface area contributed by atoms with Crippen LogP contribution in [0.15, 0.2) is 42.6 Å². The normalized spacial score (nSPS) is 20.1. The Balaban J connectivity index is 0.698. The number of anilines is 4. The first-order valence-corrected chi connectivity index (χ1v) is 24.1. The Morgan fingerprint density at radius 1 is 0.985 bits per heavy atom. The smallest absolute Gasteiger partial charge is 0.255 e. The Bertz CT molecular complexity index is 2370. The summed E-state index contributed by atoms with van der Waals surface area (Å²) in [7, 11) is 3.37. The van der Waals surface area contributed by atoms with Gasteiger partial charge in [0.25, 0.3) is 11.8 Å². The zero-order chi connectivity index (χ0) is 46.9. The fourth-order valence-electron chi connectivity index (χ4n) is 10.0. The Hall–Kier alpha value is -6.09. The Morgan fingerprint density at radius 3 is 2.57 bits per heavy atom. The SMILES string of the molecule is CC[C@@H]1C(=O)N(C)c2cnc(Nc3ccc(C(=O)NC4CCN(CCCNCCCOCCC#Cc5cccc6c5CN(C5CCC(=O)NC5=O)C6=O)CC4)cc3OC)nc2N1C1CCCC1. The molecule has 17 heteroatoms. The maximum atomic E-state index is 13.4. The third-order valence-corrected chi connectivity index (χ3v) is 13.7. The Kier molecular flexibility index (Phi) is 15.7. The summed E-state index contributed by atoms with van der Waals surface area (Å²) in [5.74, 6) is 7.05. The van der Waals surface area contributed by atoms with Gasteiger partial charge in [-0.2, -0.15) is 4.98 Å². The molecule has 356 valence electrons. The minimum absolute atomic E-state index is 0.0731. The van der Waals surface area contributed by atoms with Crippen molar-refractivity contribution in [1.82, 2.24) is 35.7 Å². The predicted molar refractivity (Wildman–Crippen MR) is 254 cm³/mol. The van der Waals surface area contributed by atoms with Crippen molar-refractivity contribution in [1.29, 1.82) is 0 Å². The second-order valence-corrected chi connectivity index (χ2v) is 18.1. The van der Waals surface area contributed by atoms with Crippen molar-refractivity contribution in [2.75, 3.05) is 75.2 Å². The molecule has 3 fully saturated rings. The van der Waals surface area contributed by atoms with Gasteiger partial charge in [-0.1, -0.05) is 37.7 Å². The molecule has 0 spiro atoms. The number of carbonyl (C=O) groups excluding carboxylic acids is 5. The lowest BCUT2D eigenvalue weighted by molar-refractivity contribution is -0.137. The average molecular weight is 917 g/mol. The van der Waals surface area contributed by atoms with E-state index in [1.807, 2.05) is 25.1 Å². The van der Waals surface area contributed by atoms with Crippen LogP contribution < -0.4 is 35.8 Å². The van der Waals surface area contributed by atoms with Crippen LogP contribution in [0.1, 0.15) is 116 Å². The van der Waals surface area contributed by atoms with E-state index in [0.29, 0.717) is 73.2 Å². The zero-order valence-corrected chi connectivity index (χ0v) is 39.0. The Morgan fingerprint density at radius 2 is 1.79 bits per heavy atom. The van der Waals surface area contributed by atoms with Crippen molar-refractivity contribution in [2.45, 2.75) is 115 Å². The molecule has 17 nitrogen and oxygen atoms in total. The van der Waals surface area contributed by atoms with E-state index in [4.69, 9.17) is 14.5 Å². The van der Waals surface area contributed by atoms with Crippen LogP contribution >= 0.6 is 0 Å². The molecular formula is C50H64N10O7. The number of hydrogen-bond donors (Lipinski definition) is 4. The molecule has 5 heterocycles. The van der Waals surface area contributed by atoms with Crippen molar-refractivity contribution >= 4 is 52.7 Å². The molecule has 0 bridgehead atoms.